The molecule has 0 atom stereocenters. The highest BCUT2D eigenvalue weighted by molar-refractivity contribution is 8.26. The number of anilines is 1. The van der Waals surface area contributed by atoms with Gasteiger partial charge in [-0.2, -0.15) is 5.26 Å². The van der Waals surface area contributed by atoms with Crippen LogP contribution in [-0.2, 0) is 11.3 Å². The van der Waals surface area contributed by atoms with Crippen molar-refractivity contribution in [1.29, 1.82) is 5.26 Å². The number of aromatic nitrogens is 1. The summed E-state index contributed by atoms with van der Waals surface area (Å²) in [7, 11) is 0. The SMILES string of the molecule is CCCCCCCCCCCCN1C(=O)/C(=C/c2c(C)c(C#N)c(=O)n(CC)c2N2CCN(CC)CC2)SC1=S. The maximum atomic E-state index is 13.5. The third-order valence-corrected chi connectivity index (χ3v) is 9.54. The molecule has 2 aliphatic heterocycles. The molecule has 3 rings (SSSR count). The van der Waals surface area contributed by atoms with Gasteiger partial charge in [0.1, 0.15) is 21.8 Å². The number of nitriles is 1. The van der Waals surface area contributed by atoms with E-state index in [1.165, 1.54) is 63.1 Å². The number of thioether (sulfide) groups is 1. The lowest BCUT2D eigenvalue weighted by atomic mass is 10.0. The van der Waals surface area contributed by atoms with Crippen molar-refractivity contribution < 1.29 is 4.79 Å². The highest BCUT2D eigenvalue weighted by Gasteiger charge is 2.33. The van der Waals surface area contributed by atoms with Crippen LogP contribution in [0.5, 0.6) is 0 Å². The third kappa shape index (κ3) is 7.98. The minimum Gasteiger partial charge on any atom is -0.355 e. The molecule has 0 N–H and O–H groups in total. The van der Waals surface area contributed by atoms with Crippen molar-refractivity contribution in [2.24, 2.45) is 0 Å². The van der Waals surface area contributed by atoms with Gasteiger partial charge < -0.3 is 9.80 Å². The van der Waals surface area contributed by atoms with Gasteiger partial charge in [-0.1, -0.05) is 95.6 Å². The van der Waals surface area contributed by atoms with Crippen LogP contribution in [0.2, 0.25) is 0 Å². The smallest absolute Gasteiger partial charge is 0.270 e. The summed E-state index contributed by atoms with van der Waals surface area (Å²) in [5, 5.41) is 9.83. The lowest BCUT2D eigenvalue weighted by Gasteiger charge is -2.37. The summed E-state index contributed by atoms with van der Waals surface area (Å²) in [6.45, 7) is 13.7. The van der Waals surface area contributed by atoms with Gasteiger partial charge in [0, 0.05) is 44.8 Å². The van der Waals surface area contributed by atoms with Gasteiger partial charge in [0.05, 0.1) is 4.91 Å². The summed E-state index contributed by atoms with van der Waals surface area (Å²) in [5.41, 5.74) is 1.29. The van der Waals surface area contributed by atoms with E-state index in [9.17, 15) is 14.9 Å². The van der Waals surface area contributed by atoms with E-state index in [2.05, 4.69) is 29.7 Å². The summed E-state index contributed by atoms with van der Waals surface area (Å²) < 4.78 is 2.29. The number of pyridine rings is 1. The Hall–Kier alpha value is -2.15. The minimum atomic E-state index is -0.263. The molecule has 2 aliphatic rings. The van der Waals surface area contributed by atoms with E-state index in [0.717, 1.165) is 56.9 Å². The second-order valence-electron chi connectivity index (χ2n) is 10.8. The van der Waals surface area contributed by atoms with Crippen molar-refractivity contribution in [3.63, 3.8) is 0 Å². The lowest BCUT2D eigenvalue weighted by Crippen LogP contribution is -2.48. The number of hydrogen-bond donors (Lipinski definition) is 0. The number of likely N-dealkylation sites (N-methyl/N-ethyl adjacent to an activating group) is 1. The van der Waals surface area contributed by atoms with Crippen LogP contribution in [0.25, 0.3) is 6.08 Å². The molecule has 0 aliphatic carbocycles. The highest BCUT2D eigenvalue weighted by Crippen LogP contribution is 2.36. The van der Waals surface area contributed by atoms with Gasteiger partial charge >= 0.3 is 0 Å². The van der Waals surface area contributed by atoms with Crippen molar-refractivity contribution in [2.45, 2.75) is 98.4 Å². The molecule has 0 radical (unpaired) electrons. The number of carbonyl (C=O) groups is 1. The van der Waals surface area contributed by atoms with E-state index < -0.39 is 0 Å². The van der Waals surface area contributed by atoms with Gasteiger partial charge in [-0.25, -0.2) is 0 Å². The molecule has 220 valence electrons. The second kappa shape index (κ2) is 16.3. The number of hydrogen-bond acceptors (Lipinski definition) is 7. The van der Waals surface area contributed by atoms with Gasteiger partial charge in [0.25, 0.3) is 11.5 Å². The Morgan fingerprint density at radius 1 is 0.900 bits per heavy atom. The summed E-state index contributed by atoms with van der Waals surface area (Å²) in [6.07, 6.45) is 14.3. The predicted octanol–water partition coefficient (Wildman–Crippen LogP) is 6.31. The summed E-state index contributed by atoms with van der Waals surface area (Å²) in [5.74, 6) is 0.736. The third-order valence-electron chi connectivity index (χ3n) is 8.17. The van der Waals surface area contributed by atoms with Crippen LogP contribution in [0.1, 0.15) is 102 Å². The number of unbranched alkanes of at least 4 members (excludes halogenated alkanes) is 9. The van der Waals surface area contributed by atoms with Gasteiger partial charge in [0.15, 0.2) is 0 Å². The Balaban J connectivity index is 1.73. The van der Waals surface area contributed by atoms with Crippen LogP contribution in [0, 0.1) is 18.3 Å². The monoisotopic (exact) mass is 585 g/mol. The zero-order valence-electron chi connectivity index (χ0n) is 25.0. The van der Waals surface area contributed by atoms with E-state index in [1.54, 1.807) is 9.47 Å². The first kappa shape index (κ1) is 32.4. The molecule has 40 heavy (non-hydrogen) atoms. The fourth-order valence-electron chi connectivity index (χ4n) is 5.64. The van der Waals surface area contributed by atoms with E-state index in [-0.39, 0.29) is 17.0 Å². The summed E-state index contributed by atoms with van der Waals surface area (Å²) in [4.78, 5) is 33.6. The average Bonchev–Trinajstić information content (AvgIpc) is 3.22. The fourth-order valence-corrected chi connectivity index (χ4v) is 6.93. The molecule has 1 amide bonds. The van der Waals surface area contributed by atoms with Crippen molar-refractivity contribution in [2.75, 3.05) is 44.2 Å². The summed E-state index contributed by atoms with van der Waals surface area (Å²) in [6, 6.07) is 2.12. The van der Waals surface area contributed by atoms with E-state index in [1.807, 2.05) is 19.9 Å². The Morgan fingerprint density at radius 3 is 2.05 bits per heavy atom. The molecule has 2 fully saturated rings. The first-order valence-corrected chi connectivity index (χ1v) is 16.5. The molecular weight excluding hydrogens is 539 g/mol. The van der Waals surface area contributed by atoms with Gasteiger partial charge in [-0.3, -0.25) is 19.1 Å². The Morgan fingerprint density at radius 2 is 1.50 bits per heavy atom. The molecule has 1 aromatic rings. The Bertz CT molecular complexity index is 1160. The van der Waals surface area contributed by atoms with Crippen molar-refractivity contribution >= 4 is 46.1 Å². The molecule has 2 saturated heterocycles. The van der Waals surface area contributed by atoms with Gasteiger partial charge in [-0.15, -0.1) is 0 Å². The molecule has 1 aromatic heterocycles. The zero-order chi connectivity index (χ0) is 29.1. The number of nitrogens with zero attached hydrogens (tertiary/aromatic N) is 5. The molecule has 7 nitrogen and oxygen atoms in total. The fraction of sp³-hybridized carbons (Fsp3) is 0.677. The van der Waals surface area contributed by atoms with Crippen LogP contribution in [-0.4, -0.2) is 63.9 Å². The molecule has 9 heteroatoms. The quantitative estimate of drug-likeness (QED) is 0.136. The topological polar surface area (TPSA) is 72.6 Å². The van der Waals surface area contributed by atoms with Crippen molar-refractivity contribution in [3.8, 4) is 6.07 Å². The predicted molar refractivity (Wildman–Crippen MR) is 172 cm³/mol. The molecule has 0 aromatic carbocycles. The average molecular weight is 586 g/mol. The number of thiocarbonyl (C=S) groups is 1. The van der Waals surface area contributed by atoms with Gasteiger partial charge in [-0.05, 0) is 38.5 Å². The van der Waals surface area contributed by atoms with E-state index >= 15 is 0 Å². The number of rotatable bonds is 15. The van der Waals surface area contributed by atoms with Gasteiger partial charge in [0.2, 0.25) is 0 Å². The van der Waals surface area contributed by atoms with Crippen molar-refractivity contribution in [3.05, 3.63) is 31.9 Å². The zero-order valence-corrected chi connectivity index (χ0v) is 26.6. The summed E-state index contributed by atoms with van der Waals surface area (Å²) >= 11 is 6.95. The standard InChI is InChI=1S/C31H47N5O2S2/c1-5-8-9-10-11-12-13-14-15-16-17-36-30(38)27(40-31(36)39)22-25-24(4)26(23-32)29(37)35(7-3)28(25)34-20-18-33(6-2)19-21-34/h22H,5-21H2,1-4H3/b27-22-. The van der Waals surface area contributed by atoms with Crippen LogP contribution < -0.4 is 10.5 Å². The maximum absolute atomic E-state index is 13.5. The highest BCUT2D eigenvalue weighted by atomic mass is 32.2. The van der Waals surface area contributed by atoms with Crippen LogP contribution in [0.3, 0.4) is 0 Å². The second-order valence-corrected chi connectivity index (χ2v) is 12.5. The minimum absolute atomic E-state index is 0.0696. The number of amides is 1. The van der Waals surface area contributed by atoms with E-state index in [0.29, 0.717) is 27.9 Å². The number of carbonyl (C=O) groups excluding carboxylic acids is 1. The van der Waals surface area contributed by atoms with Crippen molar-refractivity contribution in [1.82, 2.24) is 14.4 Å². The molecule has 0 unspecified atom stereocenters. The largest absolute Gasteiger partial charge is 0.355 e. The normalized spacial score (nSPS) is 17.3. The van der Waals surface area contributed by atoms with Crippen LogP contribution in [0.15, 0.2) is 9.70 Å². The van der Waals surface area contributed by atoms with E-state index in [4.69, 9.17) is 12.2 Å². The Kier molecular flexibility index (Phi) is 13.2. The molecule has 0 spiro atoms. The Labute approximate surface area is 250 Å². The number of piperazine rings is 1. The molecule has 3 heterocycles. The first-order valence-electron chi connectivity index (χ1n) is 15.3. The molecule has 0 saturated carbocycles. The first-order chi connectivity index (χ1) is 19.4. The molecular formula is C31H47N5O2S2. The van der Waals surface area contributed by atoms with Crippen LogP contribution >= 0.6 is 24.0 Å². The lowest BCUT2D eigenvalue weighted by molar-refractivity contribution is -0.122. The maximum Gasteiger partial charge on any atom is 0.270 e. The molecule has 0 bridgehead atoms. The van der Waals surface area contributed by atoms with Crippen LogP contribution in [0.4, 0.5) is 5.82 Å².